The first-order valence-electron chi connectivity index (χ1n) is 7.66. The molecule has 7 nitrogen and oxygen atoms in total. The molecule has 1 heterocycles. The van der Waals surface area contributed by atoms with Gasteiger partial charge in [-0.2, -0.15) is 0 Å². The lowest BCUT2D eigenvalue weighted by Gasteiger charge is -2.12. The Kier molecular flexibility index (Phi) is 5.70. The second-order valence-electron chi connectivity index (χ2n) is 5.80. The van der Waals surface area contributed by atoms with Crippen molar-refractivity contribution in [2.75, 3.05) is 27.2 Å². The number of aromatic hydroxyl groups is 1. The minimum atomic E-state index is -0.647. The third kappa shape index (κ3) is 4.20. The maximum absolute atomic E-state index is 12.1. The average Bonchev–Trinajstić information content (AvgIpc) is 2.52. The molecule has 128 valence electrons. The lowest BCUT2D eigenvalue weighted by atomic mass is 10.2. The molecule has 7 heteroatoms. The fourth-order valence-corrected chi connectivity index (χ4v) is 2.30. The van der Waals surface area contributed by atoms with Crippen molar-refractivity contribution in [3.8, 4) is 5.88 Å². The summed E-state index contributed by atoms with van der Waals surface area (Å²) in [6.07, 6.45) is 0. The second kappa shape index (κ2) is 7.74. The summed E-state index contributed by atoms with van der Waals surface area (Å²) in [5.41, 5.74) is -0.00379. The summed E-state index contributed by atoms with van der Waals surface area (Å²) in [7, 11) is 3.85. The molecular formula is C17H22N4O3. The number of H-pyrrole nitrogens is 1. The van der Waals surface area contributed by atoms with Crippen LogP contribution in [0, 0.1) is 0 Å². The molecule has 2 N–H and O–H groups in total. The summed E-state index contributed by atoms with van der Waals surface area (Å²) in [5.74, 6) is -0.362. The van der Waals surface area contributed by atoms with E-state index in [4.69, 9.17) is 0 Å². The molecule has 0 unspecified atom stereocenters. The number of aromatic amines is 1. The van der Waals surface area contributed by atoms with Crippen molar-refractivity contribution in [3.63, 3.8) is 0 Å². The molecule has 0 amide bonds. The lowest BCUT2D eigenvalue weighted by Crippen LogP contribution is -2.34. The molecule has 0 bridgehead atoms. The molecule has 2 rings (SSSR count). The number of nitrogens with one attached hydrogen (secondary N) is 1. The number of likely N-dealkylation sites (N-methyl/N-ethyl adjacent to an activating group) is 1. The van der Waals surface area contributed by atoms with Crippen LogP contribution < -0.4 is 11.2 Å². The van der Waals surface area contributed by atoms with Gasteiger partial charge in [0.05, 0.1) is 13.1 Å². The van der Waals surface area contributed by atoms with Gasteiger partial charge in [-0.1, -0.05) is 30.3 Å². The molecule has 1 aromatic carbocycles. The molecule has 0 radical (unpaired) electrons. The van der Waals surface area contributed by atoms with E-state index in [2.05, 4.69) is 9.98 Å². The number of hydrogen-bond donors (Lipinski definition) is 2. The summed E-state index contributed by atoms with van der Waals surface area (Å²) in [6.45, 7) is 3.03. The van der Waals surface area contributed by atoms with Gasteiger partial charge in [-0.25, -0.2) is 4.79 Å². The fraction of sp³-hybridized carbons (Fsp3) is 0.353. The SMILES string of the molecule is CC(=NCCN(C)C)c1c(O)n(Cc2ccccc2)c(=O)[nH]c1=O. The largest absolute Gasteiger partial charge is 0.494 e. The van der Waals surface area contributed by atoms with Crippen molar-refractivity contribution in [1.29, 1.82) is 0 Å². The number of rotatable bonds is 6. The molecule has 1 aromatic heterocycles. The Morgan fingerprint density at radius 2 is 1.92 bits per heavy atom. The Balaban J connectivity index is 2.41. The maximum atomic E-state index is 12.1. The van der Waals surface area contributed by atoms with Crippen molar-refractivity contribution in [2.24, 2.45) is 4.99 Å². The lowest BCUT2D eigenvalue weighted by molar-refractivity contribution is 0.407. The predicted octanol–water partition coefficient (Wildman–Crippen LogP) is 0.661. The predicted molar refractivity (Wildman–Crippen MR) is 94.2 cm³/mol. The van der Waals surface area contributed by atoms with Crippen LogP contribution in [0.2, 0.25) is 0 Å². The minimum absolute atomic E-state index is 0.0317. The van der Waals surface area contributed by atoms with Crippen LogP contribution in [0.3, 0.4) is 0 Å². The first-order valence-corrected chi connectivity index (χ1v) is 7.66. The van der Waals surface area contributed by atoms with E-state index in [9.17, 15) is 14.7 Å². The maximum Gasteiger partial charge on any atom is 0.331 e. The van der Waals surface area contributed by atoms with Crippen LogP contribution in [0.4, 0.5) is 0 Å². The number of aromatic nitrogens is 2. The van der Waals surface area contributed by atoms with Gasteiger partial charge in [-0.15, -0.1) is 0 Å². The minimum Gasteiger partial charge on any atom is -0.494 e. The van der Waals surface area contributed by atoms with E-state index in [0.717, 1.165) is 16.7 Å². The Morgan fingerprint density at radius 1 is 1.25 bits per heavy atom. The molecule has 24 heavy (non-hydrogen) atoms. The molecule has 0 fully saturated rings. The van der Waals surface area contributed by atoms with E-state index in [-0.39, 0.29) is 18.0 Å². The highest BCUT2D eigenvalue weighted by molar-refractivity contribution is 6.00. The van der Waals surface area contributed by atoms with E-state index < -0.39 is 11.2 Å². The zero-order valence-electron chi connectivity index (χ0n) is 14.1. The average molecular weight is 330 g/mol. The first-order chi connectivity index (χ1) is 11.4. The summed E-state index contributed by atoms with van der Waals surface area (Å²) in [6, 6.07) is 9.24. The molecule has 0 aliphatic carbocycles. The van der Waals surface area contributed by atoms with Crippen LogP contribution in [0.15, 0.2) is 44.9 Å². The van der Waals surface area contributed by atoms with Gasteiger partial charge in [0.2, 0.25) is 5.88 Å². The molecule has 0 spiro atoms. The zero-order valence-corrected chi connectivity index (χ0v) is 14.1. The smallest absolute Gasteiger partial charge is 0.331 e. The first kappa shape index (κ1) is 17.7. The van der Waals surface area contributed by atoms with E-state index >= 15 is 0 Å². The molecule has 0 atom stereocenters. The molecule has 2 aromatic rings. The van der Waals surface area contributed by atoms with Crippen LogP contribution >= 0.6 is 0 Å². The summed E-state index contributed by atoms with van der Waals surface area (Å²) >= 11 is 0. The van der Waals surface area contributed by atoms with Gasteiger partial charge in [0, 0.05) is 12.3 Å². The van der Waals surface area contributed by atoms with Gasteiger partial charge in [0.15, 0.2) is 0 Å². The van der Waals surface area contributed by atoms with Crippen molar-refractivity contribution in [3.05, 3.63) is 62.3 Å². The Hall–Kier alpha value is -2.67. The van der Waals surface area contributed by atoms with Crippen LogP contribution in [0.5, 0.6) is 5.88 Å². The third-order valence-electron chi connectivity index (χ3n) is 3.61. The van der Waals surface area contributed by atoms with Crippen LogP contribution in [0.25, 0.3) is 0 Å². The quantitative estimate of drug-likeness (QED) is 0.761. The Labute approximate surface area is 139 Å². The number of hydrogen-bond acceptors (Lipinski definition) is 5. The van der Waals surface area contributed by atoms with Crippen molar-refractivity contribution in [1.82, 2.24) is 14.5 Å². The fourth-order valence-electron chi connectivity index (χ4n) is 2.30. The van der Waals surface area contributed by atoms with Crippen LogP contribution in [-0.4, -0.2) is 52.5 Å². The number of benzene rings is 1. The number of nitrogens with zero attached hydrogens (tertiary/aromatic N) is 3. The van der Waals surface area contributed by atoms with Gasteiger partial charge in [0.1, 0.15) is 5.56 Å². The highest BCUT2D eigenvalue weighted by Crippen LogP contribution is 2.13. The van der Waals surface area contributed by atoms with Gasteiger partial charge in [0.25, 0.3) is 5.56 Å². The van der Waals surface area contributed by atoms with Gasteiger partial charge in [-0.05, 0) is 26.6 Å². The molecule has 0 saturated carbocycles. The normalized spacial score (nSPS) is 11.9. The monoisotopic (exact) mass is 330 g/mol. The van der Waals surface area contributed by atoms with Crippen molar-refractivity contribution in [2.45, 2.75) is 13.5 Å². The van der Waals surface area contributed by atoms with Crippen LogP contribution in [-0.2, 0) is 6.54 Å². The molecular weight excluding hydrogens is 308 g/mol. The second-order valence-corrected chi connectivity index (χ2v) is 5.80. The summed E-state index contributed by atoms with van der Waals surface area (Å²) < 4.78 is 1.14. The molecule has 0 saturated heterocycles. The van der Waals surface area contributed by atoms with E-state index in [1.807, 2.05) is 49.3 Å². The third-order valence-corrected chi connectivity index (χ3v) is 3.61. The van der Waals surface area contributed by atoms with Gasteiger partial charge in [-0.3, -0.25) is 19.3 Å². The van der Waals surface area contributed by atoms with Crippen molar-refractivity contribution < 1.29 is 5.11 Å². The molecule has 0 aliphatic rings. The standard InChI is InChI=1S/C17H22N4O3/c1-12(18-9-10-20(2)3)14-15(22)19-17(24)21(16(14)23)11-13-7-5-4-6-8-13/h4-8,23H,9-11H2,1-3H3,(H,19,22,24). The highest BCUT2D eigenvalue weighted by atomic mass is 16.3. The highest BCUT2D eigenvalue weighted by Gasteiger charge is 2.16. The van der Waals surface area contributed by atoms with Crippen molar-refractivity contribution >= 4 is 5.71 Å². The van der Waals surface area contributed by atoms with Gasteiger partial charge < -0.3 is 10.0 Å². The summed E-state index contributed by atoms with van der Waals surface area (Å²) in [5, 5.41) is 10.4. The van der Waals surface area contributed by atoms with Gasteiger partial charge >= 0.3 is 5.69 Å². The zero-order chi connectivity index (χ0) is 17.7. The van der Waals surface area contributed by atoms with E-state index in [1.165, 1.54) is 0 Å². The van der Waals surface area contributed by atoms with Crippen LogP contribution in [0.1, 0.15) is 18.1 Å². The Morgan fingerprint density at radius 3 is 2.54 bits per heavy atom. The molecule has 0 aliphatic heterocycles. The summed E-state index contributed by atoms with van der Waals surface area (Å²) in [4.78, 5) is 32.7. The van der Waals surface area contributed by atoms with E-state index in [1.54, 1.807) is 6.92 Å². The number of aliphatic imine (C=N–C) groups is 1. The Bertz CT molecular complexity index is 835. The van der Waals surface area contributed by atoms with E-state index in [0.29, 0.717) is 12.3 Å². The topological polar surface area (TPSA) is 90.7 Å².